The third-order valence-electron chi connectivity index (χ3n) is 11.1. The number of benzene rings is 3. The van der Waals surface area contributed by atoms with Crippen molar-refractivity contribution in [2.75, 3.05) is 0 Å². The van der Waals surface area contributed by atoms with Crippen molar-refractivity contribution in [2.45, 2.75) is 65.3 Å². The molecule has 362 valence electrons. The zero-order valence-electron chi connectivity index (χ0n) is 38.6. The number of aryl methyl sites for hydroxylation is 2. The Hall–Kier alpha value is -7.46. The van der Waals surface area contributed by atoms with Crippen LogP contribution >= 0.6 is 34.8 Å². The largest absolute Gasteiger partial charge is 0.444 e. The average molecular weight is 1020 g/mol. The third-order valence-corrected chi connectivity index (χ3v) is 12.0. The van der Waals surface area contributed by atoms with Gasteiger partial charge in [0.05, 0.1) is 33.4 Å². The molecule has 0 saturated carbocycles. The Balaban J connectivity index is 0.000000192. The fourth-order valence-corrected chi connectivity index (χ4v) is 8.13. The average Bonchev–Trinajstić information content (AvgIpc) is 3.89. The van der Waals surface area contributed by atoms with Gasteiger partial charge < -0.3 is 30.7 Å². The molecule has 0 spiro atoms. The van der Waals surface area contributed by atoms with Crippen LogP contribution in [0.2, 0.25) is 15.1 Å². The summed E-state index contributed by atoms with van der Waals surface area (Å²) in [5, 5.41) is 12.2. The first kappa shape index (κ1) is 49.9. The van der Waals surface area contributed by atoms with Gasteiger partial charge in [-0.05, 0) is 123 Å². The number of hydrogen-bond acceptors (Lipinski definition) is 8. The fourth-order valence-electron chi connectivity index (χ4n) is 7.53. The van der Waals surface area contributed by atoms with Crippen molar-refractivity contribution in [1.29, 1.82) is 0 Å². The number of pyridine rings is 4. The molecule has 0 aliphatic rings. The molecule has 0 atom stereocenters. The summed E-state index contributed by atoms with van der Waals surface area (Å²) in [6, 6.07) is 22.5. The second kappa shape index (κ2) is 22.1. The van der Waals surface area contributed by atoms with E-state index in [0.29, 0.717) is 84.1 Å². The van der Waals surface area contributed by atoms with E-state index in [0.717, 1.165) is 33.3 Å². The lowest BCUT2D eigenvalue weighted by Gasteiger charge is -2.19. The third kappa shape index (κ3) is 13.2. The minimum absolute atomic E-state index is 0.0210. The number of hydrogen-bond donors (Lipinski definition) is 5. The molecule has 0 radical (unpaired) electrons. The number of ether oxygens (including phenoxy) is 1. The van der Waals surface area contributed by atoms with E-state index in [9.17, 15) is 23.2 Å². The Labute approximate surface area is 421 Å². The molecular formula is C53H46Cl3F2N9O4. The number of carbonyl (C=O) groups is 3. The Kier molecular flexibility index (Phi) is 15.5. The predicted molar refractivity (Wildman–Crippen MR) is 272 cm³/mol. The van der Waals surface area contributed by atoms with Gasteiger partial charge in [0.15, 0.2) is 0 Å². The number of aromatic nitrogens is 6. The first-order valence-electron chi connectivity index (χ1n) is 22.3. The Morgan fingerprint density at radius 2 is 1.27 bits per heavy atom. The van der Waals surface area contributed by atoms with E-state index in [1.54, 1.807) is 94.4 Å². The van der Waals surface area contributed by atoms with E-state index >= 15 is 0 Å². The molecule has 6 heterocycles. The van der Waals surface area contributed by atoms with Crippen LogP contribution in [0.3, 0.4) is 0 Å². The predicted octanol–water partition coefficient (Wildman–Crippen LogP) is 11.6. The number of halogens is 5. The van der Waals surface area contributed by atoms with E-state index in [2.05, 4.69) is 45.9 Å². The molecule has 0 unspecified atom stereocenters. The van der Waals surface area contributed by atoms with Crippen molar-refractivity contribution in [1.82, 2.24) is 45.9 Å². The summed E-state index contributed by atoms with van der Waals surface area (Å²) in [4.78, 5) is 60.4. The maximum atomic E-state index is 14.4. The molecular weight excluding hydrogens is 971 g/mol. The SMILES string of the molecule is CC(C)(C)OC(=O)NCc1ccc(CCc2cncc(C(=O)NCc3cc4c(Cl)c[nH]c4cc3F)c2)cn1.O=C(NCc1cc2c(Cl)c[nH]c2cc1F)c1ccnc(Cc2cnc3ccc(Cl)cc3c2)c1. The molecule has 3 aromatic carbocycles. The monoisotopic (exact) mass is 1020 g/mol. The second-order valence-corrected chi connectivity index (χ2v) is 18.9. The van der Waals surface area contributed by atoms with Gasteiger partial charge >= 0.3 is 6.09 Å². The van der Waals surface area contributed by atoms with Gasteiger partial charge in [-0.15, -0.1) is 0 Å². The summed E-state index contributed by atoms with van der Waals surface area (Å²) in [5.41, 5.74) is 7.33. The van der Waals surface area contributed by atoms with Crippen LogP contribution in [0.5, 0.6) is 0 Å². The van der Waals surface area contributed by atoms with Crippen molar-refractivity contribution in [3.8, 4) is 0 Å². The summed E-state index contributed by atoms with van der Waals surface area (Å²) in [5.74, 6) is -1.51. The highest BCUT2D eigenvalue weighted by atomic mass is 35.5. The topological polar surface area (TPSA) is 180 Å². The molecule has 0 aliphatic carbocycles. The maximum Gasteiger partial charge on any atom is 0.407 e. The number of carbonyl (C=O) groups excluding carboxylic acids is 3. The second-order valence-electron chi connectivity index (χ2n) is 17.6. The number of H-pyrrole nitrogens is 2. The first-order valence-corrected chi connectivity index (χ1v) is 23.5. The number of rotatable bonds is 13. The lowest BCUT2D eigenvalue weighted by atomic mass is 10.1. The Bertz CT molecular complexity index is 3410. The van der Waals surface area contributed by atoms with Crippen molar-refractivity contribution in [3.63, 3.8) is 0 Å². The fraction of sp³-hybridized carbons (Fsp3) is 0.189. The maximum absolute atomic E-state index is 14.4. The summed E-state index contributed by atoms with van der Waals surface area (Å²) in [7, 11) is 0. The van der Waals surface area contributed by atoms with Crippen molar-refractivity contribution < 1.29 is 27.9 Å². The van der Waals surface area contributed by atoms with Gasteiger partial charge in [-0.2, -0.15) is 0 Å². The summed E-state index contributed by atoms with van der Waals surface area (Å²) in [6.45, 7) is 5.75. The van der Waals surface area contributed by atoms with Crippen LogP contribution in [0, 0.1) is 11.6 Å². The van der Waals surface area contributed by atoms with Crippen molar-refractivity contribution in [3.05, 3.63) is 199 Å². The molecule has 13 nitrogen and oxygen atoms in total. The standard InChI is InChI=1S/C28H29ClFN5O3.C25H17Cl2FN4O/c1-28(2,3)38-27(37)35-15-21-7-6-17(12-32-21)4-5-18-8-20(13-31-11-18)26(36)34-14-19-9-22-23(29)16-33-25(22)10-24(19)30;26-18-1-2-23-16(7-18)5-14(11-30-23)6-19-8-15(3-4-29-19)25(33)32-12-17-9-20-21(27)13-31-24(20)10-22(17)28/h6-13,16,33H,4-5,14-15H2,1-3H3,(H,34,36)(H,35,37);1-5,7-11,13,31H,6,12H2,(H,32,33). The highest BCUT2D eigenvalue weighted by Gasteiger charge is 2.17. The number of aromatic amines is 2. The molecule has 5 N–H and O–H groups in total. The van der Waals surface area contributed by atoms with Gasteiger partial charge in [-0.25, -0.2) is 13.6 Å². The normalized spacial score (nSPS) is 11.3. The number of nitrogens with one attached hydrogen (secondary N) is 5. The van der Waals surface area contributed by atoms with E-state index in [1.165, 1.54) is 18.3 Å². The number of amides is 3. The molecule has 3 amide bonds. The van der Waals surface area contributed by atoms with E-state index in [-0.39, 0.29) is 31.4 Å². The summed E-state index contributed by atoms with van der Waals surface area (Å²) in [6.07, 6.45) is 12.9. The molecule has 0 aliphatic heterocycles. The summed E-state index contributed by atoms with van der Waals surface area (Å²) < 4.78 is 34.0. The van der Waals surface area contributed by atoms with Gasteiger partial charge in [0.1, 0.15) is 17.2 Å². The molecule has 0 saturated heterocycles. The van der Waals surface area contributed by atoms with Gasteiger partial charge in [-0.1, -0.05) is 40.9 Å². The van der Waals surface area contributed by atoms with Crippen LogP contribution in [0.4, 0.5) is 13.6 Å². The van der Waals surface area contributed by atoms with Crippen LogP contribution in [0.1, 0.15) is 80.7 Å². The minimum Gasteiger partial charge on any atom is -0.444 e. The van der Waals surface area contributed by atoms with Crippen LogP contribution in [-0.2, 0) is 43.6 Å². The molecule has 0 bridgehead atoms. The molecule has 6 aromatic heterocycles. The van der Waals surface area contributed by atoms with Crippen molar-refractivity contribution >= 4 is 85.4 Å². The zero-order chi connectivity index (χ0) is 50.2. The first-order chi connectivity index (χ1) is 34.0. The lowest BCUT2D eigenvalue weighted by Crippen LogP contribution is -2.32. The minimum atomic E-state index is -0.557. The molecule has 18 heteroatoms. The molecule has 0 fully saturated rings. The zero-order valence-corrected chi connectivity index (χ0v) is 40.9. The van der Waals surface area contributed by atoms with Gasteiger partial charge in [0.2, 0.25) is 0 Å². The van der Waals surface area contributed by atoms with Crippen LogP contribution in [-0.4, -0.2) is 53.4 Å². The van der Waals surface area contributed by atoms with E-state index in [4.69, 9.17) is 39.5 Å². The van der Waals surface area contributed by atoms with E-state index in [1.807, 2.05) is 30.3 Å². The highest BCUT2D eigenvalue weighted by Crippen LogP contribution is 2.28. The van der Waals surface area contributed by atoms with Crippen LogP contribution in [0.25, 0.3) is 32.7 Å². The van der Waals surface area contributed by atoms with Crippen LogP contribution < -0.4 is 16.0 Å². The van der Waals surface area contributed by atoms with Gasteiger partial charge in [-0.3, -0.25) is 29.5 Å². The number of fused-ring (bicyclic) bond motifs is 3. The number of alkyl carbamates (subject to hydrolysis) is 1. The molecule has 9 rings (SSSR count). The van der Waals surface area contributed by atoms with E-state index < -0.39 is 23.3 Å². The Morgan fingerprint density at radius 3 is 1.92 bits per heavy atom. The van der Waals surface area contributed by atoms with Gasteiger partial charge in [0.25, 0.3) is 11.8 Å². The molecule has 71 heavy (non-hydrogen) atoms. The highest BCUT2D eigenvalue weighted by molar-refractivity contribution is 6.36. The van der Waals surface area contributed by atoms with Crippen LogP contribution in [0.15, 0.2) is 122 Å². The quantitative estimate of drug-likeness (QED) is 0.0757. The smallest absolute Gasteiger partial charge is 0.407 e. The summed E-state index contributed by atoms with van der Waals surface area (Å²) >= 11 is 18.3. The number of nitrogens with zero attached hydrogens (tertiary/aromatic N) is 4. The van der Waals surface area contributed by atoms with Gasteiger partial charge in [0, 0.05) is 117 Å². The van der Waals surface area contributed by atoms with Crippen molar-refractivity contribution in [2.24, 2.45) is 0 Å². The Morgan fingerprint density at radius 1 is 0.620 bits per heavy atom. The molecule has 9 aromatic rings. The lowest BCUT2D eigenvalue weighted by molar-refractivity contribution is 0.0522.